The van der Waals surface area contributed by atoms with Crippen LogP contribution in [0.15, 0.2) is 24.3 Å². The van der Waals surface area contributed by atoms with Crippen LogP contribution in [-0.2, 0) is 4.79 Å². The van der Waals surface area contributed by atoms with Crippen LogP contribution in [0.2, 0.25) is 0 Å². The molecule has 1 atom stereocenters. The molecule has 1 aromatic rings. The first-order chi connectivity index (χ1) is 7.54. The molecule has 1 amide bonds. The number of hydrogen-bond acceptors (Lipinski definition) is 2. The first-order valence-electron chi connectivity index (χ1n) is 5.58. The Morgan fingerprint density at radius 3 is 2.31 bits per heavy atom. The molecule has 0 heterocycles. The maximum Gasteiger partial charge on any atom is 0.241 e. The lowest BCUT2D eigenvalue weighted by molar-refractivity contribution is -0.120. The Morgan fingerprint density at radius 1 is 1.31 bits per heavy atom. The van der Waals surface area contributed by atoms with Crippen molar-refractivity contribution < 1.29 is 4.79 Å². The van der Waals surface area contributed by atoms with Crippen LogP contribution in [-0.4, -0.2) is 30.9 Å². The van der Waals surface area contributed by atoms with E-state index < -0.39 is 0 Å². The highest BCUT2D eigenvalue weighted by atomic mass is 16.2. The summed E-state index contributed by atoms with van der Waals surface area (Å²) in [5.74, 6) is 0.0522. The Hall–Kier alpha value is -1.35. The number of carbonyl (C=O) groups excluding carboxylic acids is 1. The third-order valence-corrected chi connectivity index (χ3v) is 2.63. The van der Waals surface area contributed by atoms with Gasteiger partial charge in [0.15, 0.2) is 0 Å². The summed E-state index contributed by atoms with van der Waals surface area (Å²) >= 11 is 0. The Bertz CT molecular complexity index is 343. The molecule has 1 N–H and O–H groups in total. The van der Waals surface area contributed by atoms with E-state index in [9.17, 15) is 4.79 Å². The van der Waals surface area contributed by atoms with E-state index in [-0.39, 0.29) is 11.9 Å². The van der Waals surface area contributed by atoms with Crippen LogP contribution in [0.25, 0.3) is 0 Å². The number of benzene rings is 1. The highest BCUT2D eigenvalue weighted by Crippen LogP contribution is 2.10. The molecule has 1 unspecified atom stereocenters. The lowest BCUT2D eigenvalue weighted by Crippen LogP contribution is -2.39. The van der Waals surface area contributed by atoms with Crippen molar-refractivity contribution in [3.63, 3.8) is 0 Å². The number of aryl methyl sites for hydroxylation is 1. The lowest BCUT2D eigenvalue weighted by Gasteiger charge is -2.21. The van der Waals surface area contributed by atoms with Crippen molar-refractivity contribution in [1.29, 1.82) is 0 Å². The summed E-state index contributed by atoms with van der Waals surface area (Å²) in [6.45, 7) is 4.04. The van der Waals surface area contributed by atoms with Crippen LogP contribution in [0, 0.1) is 6.92 Å². The van der Waals surface area contributed by atoms with E-state index in [0.717, 1.165) is 12.1 Å². The SMILES string of the molecule is CCC(C(=O)Nc1ccc(C)cc1)N(C)C. The van der Waals surface area contributed by atoms with Gasteiger partial charge >= 0.3 is 0 Å². The van der Waals surface area contributed by atoms with Crippen molar-refractivity contribution in [2.24, 2.45) is 0 Å². The van der Waals surface area contributed by atoms with Gasteiger partial charge in [-0.2, -0.15) is 0 Å². The second-order valence-corrected chi connectivity index (χ2v) is 4.24. The number of carbonyl (C=O) groups is 1. The third-order valence-electron chi connectivity index (χ3n) is 2.63. The van der Waals surface area contributed by atoms with Gasteiger partial charge < -0.3 is 5.32 Å². The summed E-state index contributed by atoms with van der Waals surface area (Å²) in [4.78, 5) is 13.9. The smallest absolute Gasteiger partial charge is 0.241 e. The molecule has 88 valence electrons. The van der Waals surface area contributed by atoms with Gasteiger partial charge in [-0.25, -0.2) is 0 Å². The minimum atomic E-state index is -0.0682. The van der Waals surface area contributed by atoms with Crippen molar-refractivity contribution in [2.45, 2.75) is 26.3 Å². The monoisotopic (exact) mass is 220 g/mol. The van der Waals surface area contributed by atoms with Crippen molar-refractivity contribution >= 4 is 11.6 Å². The summed E-state index contributed by atoms with van der Waals surface area (Å²) in [5, 5.41) is 2.92. The van der Waals surface area contributed by atoms with Crippen molar-refractivity contribution in [2.75, 3.05) is 19.4 Å². The van der Waals surface area contributed by atoms with Gasteiger partial charge in [-0.15, -0.1) is 0 Å². The second kappa shape index (κ2) is 5.66. The second-order valence-electron chi connectivity index (χ2n) is 4.24. The molecule has 0 fully saturated rings. The van der Waals surface area contributed by atoms with Gasteiger partial charge in [0.2, 0.25) is 5.91 Å². The molecule has 1 rings (SSSR count). The van der Waals surface area contributed by atoms with Crippen LogP contribution < -0.4 is 5.32 Å². The molecule has 0 aliphatic carbocycles. The van der Waals surface area contributed by atoms with Crippen LogP contribution in [0.3, 0.4) is 0 Å². The van der Waals surface area contributed by atoms with Gasteiger partial charge in [0.25, 0.3) is 0 Å². The molecule has 3 heteroatoms. The van der Waals surface area contributed by atoms with Gasteiger partial charge in [0, 0.05) is 5.69 Å². The molecule has 0 aliphatic heterocycles. The minimum Gasteiger partial charge on any atom is -0.325 e. The fourth-order valence-electron chi connectivity index (χ4n) is 1.65. The van der Waals surface area contributed by atoms with E-state index in [0.29, 0.717) is 0 Å². The third kappa shape index (κ3) is 3.35. The van der Waals surface area contributed by atoms with Gasteiger partial charge in [0.1, 0.15) is 0 Å². The Kier molecular flexibility index (Phi) is 4.50. The fourth-order valence-corrected chi connectivity index (χ4v) is 1.65. The molecule has 0 bridgehead atoms. The largest absolute Gasteiger partial charge is 0.325 e. The number of nitrogens with zero attached hydrogens (tertiary/aromatic N) is 1. The number of rotatable bonds is 4. The zero-order chi connectivity index (χ0) is 12.1. The predicted molar refractivity (Wildman–Crippen MR) is 67.6 cm³/mol. The minimum absolute atomic E-state index is 0.0522. The van der Waals surface area contributed by atoms with E-state index in [1.165, 1.54) is 5.56 Å². The Morgan fingerprint density at radius 2 is 1.88 bits per heavy atom. The zero-order valence-electron chi connectivity index (χ0n) is 10.4. The van der Waals surface area contributed by atoms with Crippen molar-refractivity contribution in [3.8, 4) is 0 Å². The molecule has 0 radical (unpaired) electrons. The van der Waals surface area contributed by atoms with Crippen LogP contribution in [0.5, 0.6) is 0 Å². The number of nitrogens with one attached hydrogen (secondary N) is 1. The highest BCUT2D eigenvalue weighted by Gasteiger charge is 2.18. The van der Waals surface area contributed by atoms with Crippen molar-refractivity contribution in [3.05, 3.63) is 29.8 Å². The number of hydrogen-bond donors (Lipinski definition) is 1. The molecule has 0 saturated heterocycles. The average molecular weight is 220 g/mol. The van der Waals surface area contributed by atoms with Gasteiger partial charge in [0.05, 0.1) is 6.04 Å². The summed E-state index contributed by atoms with van der Waals surface area (Å²) in [5.41, 5.74) is 2.05. The topological polar surface area (TPSA) is 32.3 Å². The van der Waals surface area contributed by atoms with Crippen LogP contribution in [0.4, 0.5) is 5.69 Å². The summed E-state index contributed by atoms with van der Waals surface area (Å²) in [7, 11) is 3.84. The van der Waals surface area contributed by atoms with E-state index in [1.54, 1.807) is 0 Å². The molecule has 16 heavy (non-hydrogen) atoms. The van der Waals surface area contributed by atoms with Gasteiger partial charge in [-0.1, -0.05) is 24.6 Å². The van der Waals surface area contributed by atoms with Crippen LogP contribution in [0.1, 0.15) is 18.9 Å². The molecular weight excluding hydrogens is 200 g/mol. The summed E-state index contributed by atoms with van der Waals surface area (Å²) < 4.78 is 0. The number of amides is 1. The predicted octanol–water partition coefficient (Wildman–Crippen LogP) is 2.27. The first-order valence-corrected chi connectivity index (χ1v) is 5.58. The highest BCUT2D eigenvalue weighted by molar-refractivity contribution is 5.94. The maximum absolute atomic E-state index is 11.9. The van der Waals surface area contributed by atoms with Gasteiger partial charge in [-0.3, -0.25) is 9.69 Å². The first kappa shape index (κ1) is 12.7. The molecule has 1 aromatic carbocycles. The molecule has 0 aromatic heterocycles. The number of anilines is 1. The standard InChI is InChI=1S/C13H20N2O/c1-5-12(15(3)4)13(16)14-11-8-6-10(2)7-9-11/h6-9,12H,5H2,1-4H3,(H,14,16). The van der Waals surface area contributed by atoms with Crippen LogP contribution >= 0.6 is 0 Å². The normalized spacial score (nSPS) is 12.6. The molecule has 0 saturated carbocycles. The van der Waals surface area contributed by atoms with E-state index in [2.05, 4.69) is 5.32 Å². The van der Waals surface area contributed by atoms with Crippen molar-refractivity contribution in [1.82, 2.24) is 4.90 Å². The Labute approximate surface area is 97.5 Å². The maximum atomic E-state index is 11.9. The number of likely N-dealkylation sites (N-methyl/N-ethyl adjacent to an activating group) is 1. The zero-order valence-corrected chi connectivity index (χ0v) is 10.4. The summed E-state index contributed by atoms with van der Waals surface area (Å²) in [6.07, 6.45) is 0.810. The molecular formula is C13H20N2O. The lowest BCUT2D eigenvalue weighted by atomic mass is 10.2. The van der Waals surface area contributed by atoms with E-state index >= 15 is 0 Å². The van der Waals surface area contributed by atoms with E-state index in [1.807, 2.05) is 57.1 Å². The average Bonchev–Trinajstić information content (AvgIpc) is 2.22. The molecule has 3 nitrogen and oxygen atoms in total. The quantitative estimate of drug-likeness (QED) is 0.844. The van der Waals surface area contributed by atoms with Gasteiger partial charge in [-0.05, 0) is 39.6 Å². The molecule has 0 aliphatic rings. The summed E-state index contributed by atoms with van der Waals surface area (Å²) in [6, 6.07) is 7.77. The molecule has 0 spiro atoms. The Balaban J connectivity index is 2.66. The van der Waals surface area contributed by atoms with E-state index in [4.69, 9.17) is 0 Å². The fraction of sp³-hybridized carbons (Fsp3) is 0.462.